The van der Waals surface area contributed by atoms with E-state index in [1.807, 2.05) is 0 Å². The Kier molecular flexibility index (Phi) is 4.15. The summed E-state index contributed by atoms with van der Waals surface area (Å²) in [5.41, 5.74) is 0. The van der Waals surface area contributed by atoms with Gasteiger partial charge in [0.1, 0.15) is 0 Å². The van der Waals surface area contributed by atoms with Crippen molar-refractivity contribution in [1.82, 2.24) is 0 Å². The van der Waals surface area contributed by atoms with Crippen molar-refractivity contribution in [2.75, 3.05) is 6.61 Å². The van der Waals surface area contributed by atoms with Crippen LogP contribution >= 0.6 is 0 Å². The second kappa shape index (κ2) is 4.43. The first-order chi connectivity index (χ1) is 5.75. The lowest BCUT2D eigenvalue weighted by Crippen LogP contribution is -2.35. The molecule has 78 valence electrons. The maximum absolute atomic E-state index is 11.6. The number of ether oxygens (including phenoxy) is 1. The Morgan fingerprint density at radius 2 is 2.00 bits per heavy atom. The Hall–Kier alpha value is -0.820. The van der Waals surface area contributed by atoms with Crippen LogP contribution in [0.25, 0.3) is 0 Å². The number of carbonyl (C=O) groups is 1. The summed E-state index contributed by atoms with van der Waals surface area (Å²) < 4.78 is 39.1. The van der Waals surface area contributed by atoms with E-state index in [1.165, 1.54) is 0 Å². The summed E-state index contributed by atoms with van der Waals surface area (Å²) in [7, 11) is 0. The maximum Gasteiger partial charge on any atom is 0.416 e. The second-order valence-corrected chi connectivity index (χ2v) is 2.37. The summed E-state index contributed by atoms with van der Waals surface area (Å²) >= 11 is 0. The smallest absolute Gasteiger partial charge is 0.416 e. The number of halogens is 3. The lowest BCUT2D eigenvalue weighted by Gasteiger charge is -2.15. The molecule has 0 aliphatic heterocycles. The number of rotatable bonds is 4. The highest BCUT2D eigenvalue weighted by molar-refractivity contribution is 5.71. The number of carboxylic acids is 1. The average molecular weight is 202 g/mol. The van der Waals surface area contributed by atoms with Crippen LogP contribution in [0.4, 0.5) is 13.2 Å². The molecule has 0 aliphatic carbocycles. The van der Waals surface area contributed by atoms with Crippen LogP contribution in [-0.4, -0.2) is 41.2 Å². The first kappa shape index (κ1) is 12.2. The monoisotopic (exact) mass is 202 g/mol. The van der Waals surface area contributed by atoms with Crippen molar-refractivity contribution in [3.8, 4) is 0 Å². The standard InChI is InChI=1S/C6H9F3O4/c1-3(5(11)12)13-2-4(10)6(7,8)9/h3-4,10H,2H2,1H3,(H,11,12)/t3-,4?/m0/s1. The van der Waals surface area contributed by atoms with Gasteiger partial charge in [0.2, 0.25) is 0 Å². The van der Waals surface area contributed by atoms with Crippen molar-refractivity contribution in [1.29, 1.82) is 0 Å². The molecule has 2 N–H and O–H groups in total. The zero-order chi connectivity index (χ0) is 10.6. The third-order valence-corrected chi connectivity index (χ3v) is 1.23. The summed E-state index contributed by atoms with van der Waals surface area (Å²) in [6.45, 7) is 0.00238. The fourth-order valence-electron chi connectivity index (χ4n) is 0.401. The van der Waals surface area contributed by atoms with E-state index in [-0.39, 0.29) is 0 Å². The Labute approximate surface area is 71.9 Å². The number of aliphatic hydroxyl groups is 1. The zero-order valence-electron chi connectivity index (χ0n) is 6.71. The second-order valence-electron chi connectivity index (χ2n) is 2.37. The molecular weight excluding hydrogens is 193 g/mol. The molecule has 0 saturated carbocycles. The molecule has 0 radical (unpaired) electrons. The maximum atomic E-state index is 11.6. The Balaban J connectivity index is 3.83. The molecule has 0 spiro atoms. The van der Waals surface area contributed by atoms with Gasteiger partial charge in [-0.05, 0) is 6.92 Å². The lowest BCUT2D eigenvalue weighted by atomic mass is 10.3. The van der Waals surface area contributed by atoms with Gasteiger partial charge in [-0.1, -0.05) is 0 Å². The van der Waals surface area contributed by atoms with Gasteiger partial charge >= 0.3 is 12.1 Å². The number of aliphatic carboxylic acids is 1. The molecule has 7 heteroatoms. The van der Waals surface area contributed by atoms with E-state index in [9.17, 15) is 18.0 Å². The topological polar surface area (TPSA) is 66.8 Å². The summed E-state index contributed by atoms with van der Waals surface area (Å²) in [5.74, 6) is -1.38. The molecule has 4 nitrogen and oxygen atoms in total. The van der Waals surface area contributed by atoms with Gasteiger partial charge in [-0.15, -0.1) is 0 Å². The van der Waals surface area contributed by atoms with E-state index < -0.39 is 31.0 Å². The summed E-state index contributed by atoms with van der Waals surface area (Å²) in [6.07, 6.45) is -8.79. The van der Waals surface area contributed by atoms with E-state index >= 15 is 0 Å². The fraction of sp³-hybridized carbons (Fsp3) is 0.833. The molecule has 0 fully saturated rings. The SMILES string of the molecule is C[C@H](OCC(O)C(F)(F)F)C(=O)O. The van der Waals surface area contributed by atoms with Gasteiger partial charge in [0.05, 0.1) is 6.61 Å². The van der Waals surface area contributed by atoms with Gasteiger partial charge in [0.25, 0.3) is 0 Å². The lowest BCUT2D eigenvalue weighted by molar-refractivity contribution is -0.221. The molecule has 0 saturated heterocycles. The first-order valence-corrected chi connectivity index (χ1v) is 3.34. The highest BCUT2D eigenvalue weighted by atomic mass is 19.4. The highest BCUT2D eigenvalue weighted by Crippen LogP contribution is 2.20. The van der Waals surface area contributed by atoms with Crippen LogP contribution in [0.15, 0.2) is 0 Å². The number of hydrogen-bond acceptors (Lipinski definition) is 3. The average Bonchev–Trinajstić information content (AvgIpc) is 1.97. The van der Waals surface area contributed by atoms with E-state index in [2.05, 4.69) is 4.74 Å². The van der Waals surface area contributed by atoms with E-state index in [4.69, 9.17) is 10.2 Å². The first-order valence-electron chi connectivity index (χ1n) is 3.34. The van der Waals surface area contributed by atoms with Gasteiger partial charge in [0, 0.05) is 0 Å². The van der Waals surface area contributed by atoms with Crippen molar-refractivity contribution in [2.45, 2.75) is 25.3 Å². The minimum absolute atomic E-state index is 1.07. The van der Waals surface area contributed by atoms with Crippen molar-refractivity contribution < 1.29 is 32.9 Å². The van der Waals surface area contributed by atoms with Gasteiger partial charge in [-0.2, -0.15) is 13.2 Å². The van der Waals surface area contributed by atoms with Crippen LogP contribution in [0.2, 0.25) is 0 Å². The van der Waals surface area contributed by atoms with Crippen LogP contribution in [0, 0.1) is 0 Å². The van der Waals surface area contributed by atoms with Crippen molar-refractivity contribution in [3.05, 3.63) is 0 Å². The molecule has 0 rings (SSSR count). The number of aliphatic hydroxyl groups excluding tert-OH is 1. The predicted molar refractivity (Wildman–Crippen MR) is 35.1 cm³/mol. The van der Waals surface area contributed by atoms with Gasteiger partial charge in [-0.3, -0.25) is 0 Å². The summed E-state index contributed by atoms with van der Waals surface area (Å²) in [6, 6.07) is 0. The molecule has 0 amide bonds. The number of hydrogen-bond donors (Lipinski definition) is 2. The number of alkyl halides is 3. The Morgan fingerprint density at radius 3 is 2.31 bits per heavy atom. The molecule has 13 heavy (non-hydrogen) atoms. The molecular formula is C6H9F3O4. The van der Waals surface area contributed by atoms with Crippen LogP contribution in [-0.2, 0) is 9.53 Å². The quantitative estimate of drug-likeness (QED) is 0.692. The van der Waals surface area contributed by atoms with E-state index in [0.29, 0.717) is 0 Å². The summed E-state index contributed by atoms with van der Waals surface area (Å²) in [5, 5.41) is 16.6. The van der Waals surface area contributed by atoms with Gasteiger partial charge < -0.3 is 14.9 Å². The van der Waals surface area contributed by atoms with Crippen molar-refractivity contribution in [3.63, 3.8) is 0 Å². The third-order valence-electron chi connectivity index (χ3n) is 1.23. The number of carboxylic acid groups (broad SMARTS) is 1. The van der Waals surface area contributed by atoms with E-state index in [0.717, 1.165) is 6.92 Å². The normalized spacial score (nSPS) is 16.7. The third kappa shape index (κ3) is 4.69. The van der Waals surface area contributed by atoms with Gasteiger partial charge in [0.15, 0.2) is 12.2 Å². The van der Waals surface area contributed by atoms with Gasteiger partial charge in [-0.25, -0.2) is 4.79 Å². The van der Waals surface area contributed by atoms with Crippen LogP contribution in [0.5, 0.6) is 0 Å². The fourth-order valence-corrected chi connectivity index (χ4v) is 0.401. The minimum Gasteiger partial charge on any atom is -0.479 e. The molecule has 0 aromatic carbocycles. The summed E-state index contributed by atoms with van der Waals surface area (Å²) in [4.78, 5) is 10.1. The Bertz CT molecular complexity index is 179. The minimum atomic E-state index is -4.78. The molecule has 1 unspecified atom stereocenters. The molecule has 0 heterocycles. The molecule has 0 aromatic heterocycles. The molecule has 0 bridgehead atoms. The van der Waals surface area contributed by atoms with Crippen molar-refractivity contribution in [2.24, 2.45) is 0 Å². The largest absolute Gasteiger partial charge is 0.479 e. The van der Waals surface area contributed by atoms with Crippen LogP contribution < -0.4 is 0 Å². The molecule has 0 aliphatic rings. The van der Waals surface area contributed by atoms with E-state index in [1.54, 1.807) is 0 Å². The van der Waals surface area contributed by atoms with Crippen LogP contribution in [0.1, 0.15) is 6.92 Å². The molecule has 2 atom stereocenters. The molecule has 0 aromatic rings. The zero-order valence-corrected chi connectivity index (χ0v) is 6.71. The predicted octanol–water partition coefficient (Wildman–Crippen LogP) is 0.399. The van der Waals surface area contributed by atoms with Crippen LogP contribution in [0.3, 0.4) is 0 Å². The van der Waals surface area contributed by atoms with Crippen molar-refractivity contribution >= 4 is 5.97 Å². The highest BCUT2D eigenvalue weighted by Gasteiger charge is 2.38. The Morgan fingerprint density at radius 1 is 1.54 bits per heavy atom.